The molecule has 0 radical (unpaired) electrons. The second-order valence-electron chi connectivity index (χ2n) is 7.04. The van der Waals surface area contributed by atoms with Gasteiger partial charge in [-0.3, -0.25) is 4.98 Å². The summed E-state index contributed by atoms with van der Waals surface area (Å²) in [5.74, 6) is 1.69. The highest BCUT2D eigenvalue weighted by molar-refractivity contribution is 5.36. The number of rotatable bonds is 5. The third kappa shape index (κ3) is 4.44. The summed E-state index contributed by atoms with van der Waals surface area (Å²) in [6, 6.07) is 0. The van der Waals surface area contributed by atoms with Crippen molar-refractivity contribution in [3.05, 3.63) is 18.1 Å². The fourth-order valence-corrected chi connectivity index (χ4v) is 2.43. The number of hydrogen-bond acceptors (Lipinski definition) is 4. The summed E-state index contributed by atoms with van der Waals surface area (Å²) < 4.78 is 0. The van der Waals surface area contributed by atoms with E-state index in [4.69, 9.17) is 0 Å². The minimum absolute atomic E-state index is 0.477. The van der Waals surface area contributed by atoms with Gasteiger partial charge in [0.15, 0.2) is 0 Å². The molecule has 1 N–H and O–H groups in total. The first-order chi connectivity index (χ1) is 9.46. The Bertz CT molecular complexity index is 401. The minimum Gasteiger partial charge on any atom is -0.355 e. The van der Waals surface area contributed by atoms with Crippen LogP contribution in [0.3, 0.4) is 0 Å². The van der Waals surface area contributed by atoms with Gasteiger partial charge in [-0.1, -0.05) is 27.7 Å². The van der Waals surface area contributed by atoms with Crippen LogP contribution in [0, 0.1) is 11.3 Å². The van der Waals surface area contributed by atoms with E-state index < -0.39 is 0 Å². The summed E-state index contributed by atoms with van der Waals surface area (Å²) in [5, 5.41) is 3.39. The number of hydrogen-bond donors (Lipinski definition) is 1. The highest BCUT2D eigenvalue weighted by atomic mass is 15.2. The molecular weight excluding hydrogens is 248 g/mol. The van der Waals surface area contributed by atoms with Gasteiger partial charge in [-0.15, -0.1) is 0 Å². The lowest BCUT2D eigenvalue weighted by Gasteiger charge is -2.37. The molecule has 1 aliphatic rings. The van der Waals surface area contributed by atoms with Crippen LogP contribution >= 0.6 is 0 Å². The van der Waals surface area contributed by atoms with Gasteiger partial charge in [0.1, 0.15) is 5.82 Å². The lowest BCUT2D eigenvalue weighted by molar-refractivity contribution is 0.279. The van der Waals surface area contributed by atoms with E-state index in [1.807, 2.05) is 12.4 Å². The zero-order chi connectivity index (χ0) is 14.6. The van der Waals surface area contributed by atoms with Gasteiger partial charge in [0.25, 0.3) is 0 Å². The van der Waals surface area contributed by atoms with Crippen LogP contribution in [-0.4, -0.2) is 29.6 Å². The normalized spacial score (nSPS) is 18.6. The molecule has 0 spiro atoms. The predicted octanol–water partition coefficient (Wildman–Crippen LogP) is 2.85. The average molecular weight is 276 g/mol. The van der Waals surface area contributed by atoms with Gasteiger partial charge in [0.05, 0.1) is 18.1 Å². The van der Waals surface area contributed by atoms with Crippen molar-refractivity contribution in [2.24, 2.45) is 11.3 Å². The number of aromatic nitrogens is 2. The van der Waals surface area contributed by atoms with Crippen molar-refractivity contribution in [2.75, 3.05) is 24.5 Å². The molecule has 0 unspecified atom stereocenters. The Hall–Kier alpha value is -1.16. The summed E-state index contributed by atoms with van der Waals surface area (Å²) in [5.41, 5.74) is 1.50. The van der Waals surface area contributed by atoms with Crippen molar-refractivity contribution in [1.82, 2.24) is 15.3 Å². The van der Waals surface area contributed by atoms with Crippen LogP contribution in [0.25, 0.3) is 0 Å². The van der Waals surface area contributed by atoms with E-state index in [-0.39, 0.29) is 0 Å². The summed E-state index contributed by atoms with van der Waals surface area (Å²) in [7, 11) is 0. The highest BCUT2D eigenvalue weighted by Gasteiger charge is 2.25. The molecule has 0 atom stereocenters. The second-order valence-corrected chi connectivity index (χ2v) is 7.04. The van der Waals surface area contributed by atoms with E-state index >= 15 is 0 Å². The number of piperidine rings is 1. The Kier molecular flexibility index (Phi) is 4.97. The first-order valence-corrected chi connectivity index (χ1v) is 7.73. The molecule has 1 aliphatic heterocycles. The van der Waals surface area contributed by atoms with Crippen molar-refractivity contribution >= 4 is 5.82 Å². The van der Waals surface area contributed by atoms with Gasteiger partial charge in [-0.25, -0.2) is 4.98 Å². The van der Waals surface area contributed by atoms with Crippen molar-refractivity contribution in [3.8, 4) is 0 Å². The van der Waals surface area contributed by atoms with E-state index in [2.05, 4.69) is 47.9 Å². The Balaban J connectivity index is 1.85. The molecule has 0 amide bonds. The van der Waals surface area contributed by atoms with Gasteiger partial charge in [-0.2, -0.15) is 0 Å². The first kappa shape index (κ1) is 15.2. The van der Waals surface area contributed by atoms with Crippen LogP contribution < -0.4 is 10.2 Å². The Morgan fingerprint density at radius 2 is 1.90 bits per heavy atom. The lowest BCUT2D eigenvalue weighted by atomic mass is 9.83. The summed E-state index contributed by atoms with van der Waals surface area (Å²) in [4.78, 5) is 11.4. The third-order valence-electron chi connectivity index (χ3n) is 3.99. The molecule has 112 valence electrons. The van der Waals surface area contributed by atoms with Crippen LogP contribution in [0.1, 0.15) is 46.2 Å². The minimum atomic E-state index is 0.477. The molecule has 1 fully saturated rings. The van der Waals surface area contributed by atoms with Crippen LogP contribution in [0.2, 0.25) is 0 Å². The van der Waals surface area contributed by atoms with Crippen molar-refractivity contribution in [3.63, 3.8) is 0 Å². The Morgan fingerprint density at radius 1 is 1.20 bits per heavy atom. The highest BCUT2D eigenvalue weighted by Crippen LogP contribution is 2.31. The molecule has 4 nitrogen and oxygen atoms in total. The van der Waals surface area contributed by atoms with Gasteiger partial charge in [0, 0.05) is 19.6 Å². The number of anilines is 1. The van der Waals surface area contributed by atoms with E-state index in [9.17, 15) is 0 Å². The number of nitrogens with zero attached hydrogens (tertiary/aromatic N) is 3. The molecule has 1 aromatic rings. The van der Waals surface area contributed by atoms with Crippen LogP contribution in [0.4, 0.5) is 5.82 Å². The topological polar surface area (TPSA) is 41.1 Å². The van der Waals surface area contributed by atoms with Crippen LogP contribution in [0.5, 0.6) is 0 Å². The molecule has 20 heavy (non-hydrogen) atoms. The maximum absolute atomic E-state index is 4.57. The smallest absolute Gasteiger partial charge is 0.147 e. The molecule has 1 saturated heterocycles. The Morgan fingerprint density at radius 3 is 2.45 bits per heavy atom. The monoisotopic (exact) mass is 276 g/mol. The largest absolute Gasteiger partial charge is 0.355 e. The predicted molar refractivity (Wildman–Crippen MR) is 83.8 cm³/mol. The van der Waals surface area contributed by atoms with Crippen molar-refractivity contribution in [1.29, 1.82) is 0 Å². The lowest BCUT2D eigenvalue weighted by Crippen LogP contribution is -2.37. The average Bonchev–Trinajstić information content (AvgIpc) is 2.39. The standard InChI is InChI=1S/C16H28N4/c1-13(2)9-17-10-14-11-19-15(12-18-14)20-7-5-16(3,4)6-8-20/h11-13,17H,5-10H2,1-4H3. The van der Waals surface area contributed by atoms with E-state index in [0.717, 1.165) is 37.7 Å². The quantitative estimate of drug-likeness (QED) is 0.898. The van der Waals surface area contributed by atoms with E-state index in [1.165, 1.54) is 12.8 Å². The van der Waals surface area contributed by atoms with Gasteiger partial charge in [0.2, 0.25) is 0 Å². The summed E-state index contributed by atoms with van der Waals surface area (Å²) in [6.45, 7) is 13.1. The molecule has 0 saturated carbocycles. The second kappa shape index (κ2) is 6.53. The first-order valence-electron chi connectivity index (χ1n) is 7.73. The van der Waals surface area contributed by atoms with E-state index in [1.54, 1.807) is 0 Å². The van der Waals surface area contributed by atoms with Crippen LogP contribution in [0.15, 0.2) is 12.4 Å². The summed E-state index contributed by atoms with van der Waals surface area (Å²) in [6.07, 6.45) is 6.28. The molecule has 0 aliphatic carbocycles. The maximum atomic E-state index is 4.57. The number of nitrogens with one attached hydrogen (secondary N) is 1. The molecule has 0 aromatic carbocycles. The molecule has 2 rings (SSSR count). The van der Waals surface area contributed by atoms with Gasteiger partial charge < -0.3 is 10.2 Å². The molecule has 0 bridgehead atoms. The third-order valence-corrected chi connectivity index (χ3v) is 3.99. The Labute approximate surface area is 123 Å². The van der Waals surface area contributed by atoms with E-state index in [0.29, 0.717) is 11.3 Å². The fraction of sp³-hybridized carbons (Fsp3) is 0.750. The maximum Gasteiger partial charge on any atom is 0.147 e. The van der Waals surface area contributed by atoms with Gasteiger partial charge >= 0.3 is 0 Å². The molecule has 4 heteroatoms. The SMILES string of the molecule is CC(C)CNCc1cnc(N2CCC(C)(C)CC2)cn1. The molecular formula is C16H28N4. The fourth-order valence-electron chi connectivity index (χ4n) is 2.43. The van der Waals surface area contributed by atoms with Crippen molar-refractivity contribution < 1.29 is 0 Å². The molecule has 1 aromatic heterocycles. The molecule has 2 heterocycles. The zero-order valence-corrected chi connectivity index (χ0v) is 13.3. The van der Waals surface area contributed by atoms with Crippen LogP contribution in [-0.2, 0) is 6.54 Å². The summed E-state index contributed by atoms with van der Waals surface area (Å²) >= 11 is 0. The zero-order valence-electron chi connectivity index (χ0n) is 13.3. The van der Waals surface area contributed by atoms with Crippen molar-refractivity contribution in [2.45, 2.75) is 47.1 Å². The van der Waals surface area contributed by atoms with Gasteiger partial charge in [-0.05, 0) is 30.7 Å².